The summed E-state index contributed by atoms with van der Waals surface area (Å²) >= 11 is 0. The van der Waals surface area contributed by atoms with Crippen LogP contribution in [0.3, 0.4) is 0 Å². The van der Waals surface area contributed by atoms with Crippen molar-refractivity contribution in [1.82, 2.24) is 15.1 Å². The van der Waals surface area contributed by atoms with E-state index in [0.29, 0.717) is 12.1 Å². The van der Waals surface area contributed by atoms with Crippen LogP contribution >= 0.6 is 0 Å². The third kappa shape index (κ3) is 3.79. The molecule has 5 rings (SSSR count). The van der Waals surface area contributed by atoms with E-state index in [1.54, 1.807) is 11.1 Å². The predicted molar refractivity (Wildman–Crippen MR) is 114 cm³/mol. The fourth-order valence-electron chi connectivity index (χ4n) is 7.00. The summed E-state index contributed by atoms with van der Waals surface area (Å²) in [6, 6.07) is 0. The number of allylic oxidation sites excluding steroid dienone is 2. The summed E-state index contributed by atoms with van der Waals surface area (Å²) in [5.41, 5.74) is 3.54. The van der Waals surface area contributed by atoms with Gasteiger partial charge in [0.2, 0.25) is 0 Å². The van der Waals surface area contributed by atoms with Crippen LogP contribution in [-0.4, -0.2) is 67.3 Å². The highest BCUT2D eigenvalue weighted by Gasteiger charge is 2.53. The number of carbonyl (C=O) groups excluding carboxylic acids is 1. The predicted octanol–water partition coefficient (Wildman–Crippen LogP) is 3.16. The zero-order valence-electron chi connectivity index (χ0n) is 18.4. The number of piperazine rings is 1. The molecule has 2 aliphatic carbocycles. The molecule has 0 spiro atoms. The molecule has 0 aromatic carbocycles. The number of ether oxygens (including phenoxy) is 1. The first-order valence-corrected chi connectivity index (χ1v) is 12.1. The number of fused-ring (bicyclic) bond motifs is 2. The van der Waals surface area contributed by atoms with Crippen LogP contribution in [0.25, 0.3) is 0 Å². The second-order valence-corrected chi connectivity index (χ2v) is 10.6. The molecule has 3 aliphatic heterocycles. The van der Waals surface area contributed by atoms with E-state index in [-0.39, 0.29) is 23.4 Å². The Morgan fingerprint density at radius 1 is 1.17 bits per heavy atom. The number of hydrogen-bond acceptors (Lipinski definition) is 5. The van der Waals surface area contributed by atoms with Gasteiger partial charge >= 0.3 is 5.97 Å². The topological polar surface area (TPSA) is 44.8 Å². The van der Waals surface area contributed by atoms with Crippen LogP contribution in [0.5, 0.6) is 0 Å². The van der Waals surface area contributed by atoms with Gasteiger partial charge in [-0.2, -0.15) is 0 Å². The van der Waals surface area contributed by atoms with Gasteiger partial charge < -0.3 is 10.1 Å². The normalized spacial score (nSPS) is 41.8. The Hall–Kier alpha value is -0.910. The summed E-state index contributed by atoms with van der Waals surface area (Å²) in [6.07, 6.45) is 10.6. The molecule has 0 bridgehead atoms. The Morgan fingerprint density at radius 3 is 2.76 bits per heavy atom. The van der Waals surface area contributed by atoms with Crippen molar-refractivity contribution in [3.8, 4) is 0 Å². The number of piperidine rings is 1. The van der Waals surface area contributed by atoms with Crippen molar-refractivity contribution in [3.63, 3.8) is 0 Å². The van der Waals surface area contributed by atoms with Crippen molar-refractivity contribution in [3.05, 3.63) is 11.1 Å². The van der Waals surface area contributed by atoms with E-state index in [1.165, 1.54) is 38.5 Å². The lowest BCUT2D eigenvalue weighted by Gasteiger charge is -2.46. The standard InChI is InChI=1S/C24H39N3O2/c1-17-6-5-8-24(2)15-21-18(14-20(17)24)19(23(28)29-21)16-26-10-12-27(13-11-26)22-7-3-4-9-25-22/h18-19,21-22,25H,3-16H2,1-2H3/t18-,19-,21+,22?,24+/m0/s1. The first-order chi connectivity index (χ1) is 14.0. The van der Waals surface area contributed by atoms with Gasteiger partial charge in [-0.1, -0.05) is 18.1 Å². The maximum atomic E-state index is 12.8. The van der Waals surface area contributed by atoms with Gasteiger partial charge in [-0.25, -0.2) is 0 Å². The number of hydrogen-bond donors (Lipinski definition) is 1. The summed E-state index contributed by atoms with van der Waals surface area (Å²) < 4.78 is 5.98. The van der Waals surface area contributed by atoms with E-state index < -0.39 is 0 Å². The molecule has 4 fully saturated rings. The average molecular weight is 402 g/mol. The molecule has 1 saturated carbocycles. The van der Waals surface area contributed by atoms with Crippen molar-refractivity contribution in [2.75, 3.05) is 39.3 Å². The number of carbonyl (C=O) groups is 1. The summed E-state index contributed by atoms with van der Waals surface area (Å²) in [5, 5.41) is 3.68. The molecule has 5 heteroatoms. The van der Waals surface area contributed by atoms with Crippen LogP contribution < -0.4 is 5.32 Å². The Bertz CT molecular complexity index is 663. The van der Waals surface area contributed by atoms with Crippen molar-refractivity contribution < 1.29 is 9.53 Å². The lowest BCUT2D eigenvalue weighted by Crippen LogP contribution is -2.56. The minimum Gasteiger partial charge on any atom is -0.462 e. The number of nitrogens with zero attached hydrogens (tertiary/aromatic N) is 2. The summed E-state index contributed by atoms with van der Waals surface area (Å²) in [4.78, 5) is 18.0. The van der Waals surface area contributed by atoms with E-state index >= 15 is 0 Å². The van der Waals surface area contributed by atoms with Gasteiger partial charge in [-0.15, -0.1) is 0 Å². The largest absolute Gasteiger partial charge is 0.462 e. The van der Waals surface area contributed by atoms with E-state index in [9.17, 15) is 4.79 Å². The van der Waals surface area contributed by atoms with Crippen LogP contribution in [0.4, 0.5) is 0 Å². The minimum atomic E-state index is 0.0751. The highest BCUT2D eigenvalue weighted by Crippen LogP contribution is 2.55. The molecule has 1 N–H and O–H groups in total. The lowest BCUT2D eigenvalue weighted by molar-refractivity contribution is -0.145. The molecule has 0 radical (unpaired) electrons. The maximum Gasteiger partial charge on any atom is 0.310 e. The van der Waals surface area contributed by atoms with Crippen LogP contribution in [0, 0.1) is 17.3 Å². The fourth-order valence-corrected chi connectivity index (χ4v) is 7.00. The molecule has 29 heavy (non-hydrogen) atoms. The Balaban J connectivity index is 1.21. The molecule has 5 aliphatic rings. The SMILES string of the molecule is CC1=C2C[C@H]3[C@H](CN4CCN(C5CCCCN5)CC4)C(=O)O[C@@H]3C[C@@]2(C)CCC1. The van der Waals surface area contributed by atoms with Gasteiger partial charge in [0.05, 0.1) is 12.1 Å². The molecule has 1 unspecified atom stereocenters. The molecule has 0 aromatic heterocycles. The maximum absolute atomic E-state index is 12.8. The van der Waals surface area contributed by atoms with E-state index in [2.05, 4.69) is 29.0 Å². The number of esters is 1. The summed E-state index contributed by atoms with van der Waals surface area (Å²) in [5.74, 6) is 0.555. The summed E-state index contributed by atoms with van der Waals surface area (Å²) in [7, 11) is 0. The van der Waals surface area contributed by atoms with Crippen molar-refractivity contribution in [2.45, 2.75) is 77.5 Å². The molecular weight excluding hydrogens is 362 g/mol. The molecule has 162 valence electrons. The van der Waals surface area contributed by atoms with Crippen molar-refractivity contribution in [1.29, 1.82) is 0 Å². The first kappa shape index (κ1) is 20.0. The Labute approximate surface area is 176 Å². The van der Waals surface area contributed by atoms with Gasteiger partial charge in [0.1, 0.15) is 6.10 Å². The first-order valence-electron chi connectivity index (χ1n) is 12.1. The fraction of sp³-hybridized carbons (Fsp3) is 0.875. The lowest BCUT2D eigenvalue weighted by atomic mass is 9.59. The number of nitrogens with one attached hydrogen (secondary N) is 1. The van der Waals surface area contributed by atoms with Crippen molar-refractivity contribution in [2.24, 2.45) is 17.3 Å². The third-order valence-corrected chi connectivity index (χ3v) is 8.77. The minimum absolute atomic E-state index is 0.0751. The quantitative estimate of drug-likeness (QED) is 0.581. The van der Waals surface area contributed by atoms with E-state index in [0.717, 1.165) is 52.1 Å². The monoisotopic (exact) mass is 401 g/mol. The molecule has 0 aromatic rings. The average Bonchev–Trinajstić information content (AvgIpc) is 3.01. The molecule has 3 heterocycles. The van der Waals surface area contributed by atoms with Gasteiger partial charge in [0.15, 0.2) is 0 Å². The highest BCUT2D eigenvalue weighted by atomic mass is 16.6. The summed E-state index contributed by atoms with van der Waals surface area (Å²) in [6.45, 7) is 11.2. The highest BCUT2D eigenvalue weighted by molar-refractivity contribution is 5.76. The molecular formula is C24H39N3O2. The Kier molecular flexibility index (Phi) is 5.50. The third-order valence-electron chi connectivity index (χ3n) is 8.77. The van der Waals surface area contributed by atoms with Gasteiger partial charge in [-0.3, -0.25) is 14.6 Å². The molecule has 0 amide bonds. The van der Waals surface area contributed by atoms with Gasteiger partial charge in [-0.05, 0) is 70.3 Å². The van der Waals surface area contributed by atoms with Gasteiger partial charge in [0.25, 0.3) is 0 Å². The van der Waals surface area contributed by atoms with E-state index in [1.807, 2.05) is 0 Å². The van der Waals surface area contributed by atoms with Crippen LogP contribution in [0.2, 0.25) is 0 Å². The van der Waals surface area contributed by atoms with Gasteiger partial charge in [0, 0.05) is 38.6 Å². The molecule has 5 atom stereocenters. The molecule has 5 nitrogen and oxygen atoms in total. The molecule has 3 saturated heterocycles. The zero-order chi connectivity index (χ0) is 20.0. The second kappa shape index (κ2) is 7.97. The van der Waals surface area contributed by atoms with Crippen LogP contribution in [-0.2, 0) is 9.53 Å². The number of rotatable bonds is 3. The second-order valence-electron chi connectivity index (χ2n) is 10.6. The van der Waals surface area contributed by atoms with E-state index in [4.69, 9.17) is 4.74 Å². The Morgan fingerprint density at radius 2 is 2.00 bits per heavy atom. The van der Waals surface area contributed by atoms with Crippen LogP contribution in [0.15, 0.2) is 11.1 Å². The smallest absolute Gasteiger partial charge is 0.310 e. The van der Waals surface area contributed by atoms with Crippen molar-refractivity contribution >= 4 is 5.97 Å². The zero-order valence-corrected chi connectivity index (χ0v) is 18.4. The van der Waals surface area contributed by atoms with Crippen LogP contribution in [0.1, 0.15) is 65.2 Å².